The summed E-state index contributed by atoms with van der Waals surface area (Å²) in [6.45, 7) is 2.73. The molecule has 34 heavy (non-hydrogen) atoms. The van der Waals surface area contributed by atoms with Gasteiger partial charge >= 0.3 is 6.18 Å². The molecule has 0 saturated heterocycles. The number of nitrogen functional groups attached to an aromatic ring is 1. The molecule has 0 saturated carbocycles. The zero-order valence-corrected chi connectivity index (χ0v) is 18.5. The summed E-state index contributed by atoms with van der Waals surface area (Å²) in [5, 5.41) is 6.63. The number of anilines is 2. The first-order valence-electron chi connectivity index (χ1n) is 10.2. The number of carbonyl (C=O) groups excluding carboxylic acids is 1. The van der Waals surface area contributed by atoms with Crippen molar-refractivity contribution in [3.8, 4) is 5.69 Å². The molecule has 1 amide bonds. The van der Waals surface area contributed by atoms with Crippen molar-refractivity contribution in [2.24, 2.45) is 0 Å². The number of nitrogens with two attached hydrogens (primary N) is 1. The Hall–Kier alpha value is -3.50. The predicted molar refractivity (Wildman–Crippen MR) is 116 cm³/mol. The Morgan fingerprint density at radius 1 is 1.12 bits per heavy atom. The number of nitrogens with one attached hydrogen (secondary N) is 1. The summed E-state index contributed by atoms with van der Waals surface area (Å²) in [5.74, 6) is -5.37. The molecule has 3 aromatic rings. The van der Waals surface area contributed by atoms with Crippen LogP contribution in [0.5, 0.6) is 0 Å². The molecule has 0 aliphatic carbocycles. The second-order valence-electron chi connectivity index (χ2n) is 7.90. The topological polar surface area (TPSA) is 72.9 Å². The predicted octanol–water partition coefficient (Wildman–Crippen LogP) is 5.96. The lowest BCUT2D eigenvalue weighted by atomic mass is 9.86. The number of rotatable bonds is 6. The fourth-order valence-electron chi connectivity index (χ4n) is 3.68. The van der Waals surface area contributed by atoms with Crippen LogP contribution >= 0.6 is 0 Å². The number of alkyl halides is 6. The lowest BCUT2D eigenvalue weighted by Crippen LogP contribution is -2.51. The van der Waals surface area contributed by atoms with Gasteiger partial charge in [-0.15, -0.1) is 0 Å². The molecule has 1 unspecified atom stereocenters. The lowest BCUT2D eigenvalue weighted by Gasteiger charge is -2.34. The van der Waals surface area contributed by atoms with E-state index in [9.17, 15) is 31.1 Å². The summed E-state index contributed by atoms with van der Waals surface area (Å²) in [5.41, 5.74) is 0.995. The third-order valence-electron chi connectivity index (χ3n) is 5.47. The molecule has 0 bridgehead atoms. The van der Waals surface area contributed by atoms with E-state index in [2.05, 4.69) is 10.4 Å². The van der Waals surface area contributed by atoms with Crippen molar-refractivity contribution in [1.82, 2.24) is 9.78 Å². The van der Waals surface area contributed by atoms with Crippen molar-refractivity contribution >= 4 is 17.3 Å². The highest BCUT2D eigenvalue weighted by atomic mass is 19.4. The largest absolute Gasteiger partial charge is 0.432 e. The fourth-order valence-corrected chi connectivity index (χ4v) is 3.68. The smallest absolute Gasteiger partial charge is 0.397 e. The van der Waals surface area contributed by atoms with E-state index in [1.54, 1.807) is 31.5 Å². The van der Waals surface area contributed by atoms with Gasteiger partial charge in [0.2, 0.25) is 0 Å². The third-order valence-corrected chi connectivity index (χ3v) is 5.47. The molecule has 182 valence electrons. The van der Waals surface area contributed by atoms with Crippen molar-refractivity contribution < 1.29 is 31.1 Å². The van der Waals surface area contributed by atoms with Crippen LogP contribution in [-0.4, -0.2) is 27.8 Å². The summed E-state index contributed by atoms with van der Waals surface area (Å²) in [4.78, 5) is 12.8. The van der Waals surface area contributed by atoms with Crippen molar-refractivity contribution in [3.63, 3.8) is 0 Å². The number of hydrogen-bond acceptors (Lipinski definition) is 3. The van der Waals surface area contributed by atoms with E-state index in [0.29, 0.717) is 17.8 Å². The van der Waals surface area contributed by atoms with Gasteiger partial charge in [-0.1, -0.05) is 13.0 Å². The first kappa shape index (κ1) is 25.1. The second kappa shape index (κ2) is 8.69. The molecule has 0 radical (unpaired) electrons. The maximum Gasteiger partial charge on any atom is 0.432 e. The van der Waals surface area contributed by atoms with Gasteiger partial charge in [0.1, 0.15) is 0 Å². The Labute approximate surface area is 191 Å². The molecule has 0 spiro atoms. The van der Waals surface area contributed by atoms with E-state index in [-0.39, 0.29) is 41.4 Å². The minimum absolute atomic E-state index is 0.000594. The molecule has 0 aliphatic heterocycles. The number of halogens is 6. The maximum absolute atomic E-state index is 14.9. The van der Waals surface area contributed by atoms with Gasteiger partial charge in [-0.05, 0) is 54.8 Å². The Bertz CT molecular complexity index is 1190. The van der Waals surface area contributed by atoms with E-state index in [4.69, 9.17) is 5.73 Å². The van der Waals surface area contributed by atoms with E-state index >= 15 is 0 Å². The molecule has 1 atom stereocenters. The van der Waals surface area contributed by atoms with Crippen LogP contribution in [0.4, 0.5) is 37.7 Å². The quantitative estimate of drug-likeness (QED) is 0.335. The van der Waals surface area contributed by atoms with Crippen LogP contribution in [0.15, 0.2) is 48.8 Å². The summed E-state index contributed by atoms with van der Waals surface area (Å²) >= 11 is 0. The van der Waals surface area contributed by atoms with Crippen LogP contribution < -0.4 is 11.1 Å². The molecule has 3 rings (SSSR count). The van der Waals surface area contributed by atoms with Crippen LogP contribution in [0.1, 0.15) is 40.9 Å². The number of aryl methyl sites for hydroxylation is 2. The highest BCUT2D eigenvalue weighted by Gasteiger charge is 2.70. The first-order chi connectivity index (χ1) is 15.7. The first-order valence-corrected chi connectivity index (χ1v) is 10.2. The Kier molecular flexibility index (Phi) is 6.43. The van der Waals surface area contributed by atoms with Gasteiger partial charge < -0.3 is 11.1 Å². The second-order valence-corrected chi connectivity index (χ2v) is 7.90. The van der Waals surface area contributed by atoms with Gasteiger partial charge in [-0.2, -0.15) is 18.3 Å². The van der Waals surface area contributed by atoms with E-state index in [1.165, 1.54) is 23.7 Å². The third kappa shape index (κ3) is 4.34. The molecule has 0 aliphatic rings. The molecular weight excluding hydrogens is 462 g/mol. The maximum atomic E-state index is 14.9. The Balaban J connectivity index is 1.99. The van der Waals surface area contributed by atoms with Crippen molar-refractivity contribution in [1.29, 1.82) is 0 Å². The van der Waals surface area contributed by atoms with Gasteiger partial charge in [0.05, 0.1) is 11.4 Å². The number of carbonyl (C=O) groups is 1. The molecule has 2 aromatic carbocycles. The summed E-state index contributed by atoms with van der Waals surface area (Å²) in [7, 11) is 0. The van der Waals surface area contributed by atoms with Crippen molar-refractivity contribution in [3.05, 3.63) is 71.0 Å². The minimum atomic E-state index is -5.86. The average molecular weight is 484 g/mol. The van der Waals surface area contributed by atoms with Crippen molar-refractivity contribution in [2.45, 2.75) is 45.0 Å². The van der Waals surface area contributed by atoms with Gasteiger partial charge in [0, 0.05) is 36.1 Å². The highest BCUT2D eigenvalue weighted by molar-refractivity contribution is 6.06. The van der Waals surface area contributed by atoms with Gasteiger partial charge in [-0.3, -0.25) is 4.79 Å². The van der Waals surface area contributed by atoms with Crippen LogP contribution in [0.25, 0.3) is 5.69 Å². The molecule has 0 fully saturated rings. The molecule has 1 heterocycles. The Morgan fingerprint density at radius 3 is 2.29 bits per heavy atom. The van der Waals surface area contributed by atoms with E-state index < -0.39 is 29.2 Å². The molecular formula is C23H22F6N4O. The van der Waals surface area contributed by atoms with Gasteiger partial charge in [0.25, 0.3) is 17.5 Å². The van der Waals surface area contributed by atoms with Crippen LogP contribution in [0.2, 0.25) is 0 Å². The number of aromatic nitrogens is 2. The van der Waals surface area contributed by atoms with Crippen LogP contribution in [0, 0.1) is 6.92 Å². The SMILES string of the molecule is CCc1cc(C(F)(C(C)(F)F)C(F)(F)F)cc(C)c1NC(=O)c1ccc(-n2cccn2)c(N)c1. The van der Waals surface area contributed by atoms with Crippen molar-refractivity contribution in [2.75, 3.05) is 11.1 Å². The standard InChI is InChI=1S/C23H22F6N4O/c1-4-14-11-16(22(26,21(3,24)25)23(27,28)29)10-13(2)19(14)32-20(34)15-6-7-18(17(30)12-15)33-9-5-8-31-33/h5-12H,4,30H2,1-3H3,(H,32,34). The lowest BCUT2D eigenvalue weighted by molar-refractivity contribution is -0.304. The van der Waals surface area contributed by atoms with Crippen LogP contribution in [0.3, 0.4) is 0 Å². The molecule has 1 aromatic heterocycles. The molecule has 3 N–H and O–H groups in total. The normalized spacial score (nSPS) is 14.0. The number of amides is 1. The molecule has 5 nitrogen and oxygen atoms in total. The zero-order valence-electron chi connectivity index (χ0n) is 18.5. The minimum Gasteiger partial charge on any atom is -0.397 e. The van der Waals surface area contributed by atoms with Gasteiger partial charge in [0.15, 0.2) is 0 Å². The summed E-state index contributed by atoms with van der Waals surface area (Å²) in [6, 6.07) is 7.52. The number of benzene rings is 2. The summed E-state index contributed by atoms with van der Waals surface area (Å²) in [6.07, 6.45) is -2.59. The summed E-state index contributed by atoms with van der Waals surface area (Å²) < 4.78 is 84.3. The monoisotopic (exact) mass is 484 g/mol. The van der Waals surface area contributed by atoms with E-state index in [0.717, 1.165) is 0 Å². The Morgan fingerprint density at radius 2 is 1.79 bits per heavy atom. The number of nitrogens with zero attached hydrogens (tertiary/aromatic N) is 2. The highest BCUT2D eigenvalue weighted by Crippen LogP contribution is 2.53. The zero-order chi connectivity index (χ0) is 25.5. The average Bonchev–Trinajstić information content (AvgIpc) is 3.27. The van der Waals surface area contributed by atoms with E-state index in [1.807, 2.05) is 0 Å². The van der Waals surface area contributed by atoms with Crippen LogP contribution in [-0.2, 0) is 12.1 Å². The molecule has 11 heteroatoms. The fraction of sp³-hybridized carbons (Fsp3) is 0.304. The number of hydrogen-bond donors (Lipinski definition) is 2. The van der Waals surface area contributed by atoms with Gasteiger partial charge in [-0.25, -0.2) is 17.9 Å².